The summed E-state index contributed by atoms with van der Waals surface area (Å²) in [5.74, 6) is 1.02. The van der Waals surface area contributed by atoms with E-state index in [-0.39, 0.29) is 12.2 Å². The summed E-state index contributed by atoms with van der Waals surface area (Å²) in [6, 6.07) is 6.73. The van der Waals surface area contributed by atoms with Gasteiger partial charge in [-0.2, -0.15) is 0 Å². The van der Waals surface area contributed by atoms with Gasteiger partial charge >= 0.3 is 0 Å². The van der Waals surface area contributed by atoms with E-state index in [0.29, 0.717) is 45.1 Å². The van der Waals surface area contributed by atoms with E-state index in [1.54, 1.807) is 30.5 Å². The quantitative estimate of drug-likeness (QED) is 0.518. The molecule has 0 unspecified atom stereocenters. The molecule has 3 aromatic rings. The molecule has 0 aliphatic carbocycles. The molecule has 2 aromatic heterocycles. The number of benzene rings is 1. The van der Waals surface area contributed by atoms with Crippen LogP contribution in [0.25, 0.3) is 11.0 Å². The second-order valence-electron chi connectivity index (χ2n) is 5.52. The summed E-state index contributed by atoms with van der Waals surface area (Å²) < 4.78 is 15.9. The Labute approximate surface area is 149 Å². The predicted octanol–water partition coefficient (Wildman–Crippen LogP) is 2.56. The average molecular weight is 354 g/mol. The van der Waals surface area contributed by atoms with Crippen molar-refractivity contribution in [2.75, 3.05) is 21.3 Å². The molecule has 3 rings (SSSR count). The number of fused-ring (bicyclic) bond motifs is 1. The molecule has 1 aromatic carbocycles. The van der Waals surface area contributed by atoms with Crippen molar-refractivity contribution in [3.05, 3.63) is 47.3 Å². The van der Waals surface area contributed by atoms with Gasteiger partial charge in [-0.3, -0.25) is 4.79 Å². The first-order chi connectivity index (χ1) is 12.6. The van der Waals surface area contributed by atoms with Crippen molar-refractivity contribution in [3.63, 3.8) is 0 Å². The van der Waals surface area contributed by atoms with Crippen LogP contribution in [0.3, 0.4) is 0 Å². The zero-order chi connectivity index (χ0) is 18.7. The SMILES string of the molecule is COc1cc(C(=O)c2c[nH]c3nc(CC=O)ccc23)cc(OC)c1OC. The Morgan fingerprint density at radius 2 is 1.81 bits per heavy atom. The third kappa shape index (κ3) is 2.99. The Hall–Kier alpha value is -3.35. The highest BCUT2D eigenvalue weighted by atomic mass is 16.5. The van der Waals surface area contributed by atoms with Crippen LogP contribution in [0.2, 0.25) is 0 Å². The van der Waals surface area contributed by atoms with E-state index in [1.165, 1.54) is 21.3 Å². The van der Waals surface area contributed by atoms with Gasteiger partial charge in [0.2, 0.25) is 5.75 Å². The van der Waals surface area contributed by atoms with Crippen molar-refractivity contribution in [2.45, 2.75) is 6.42 Å². The number of ether oxygens (including phenoxy) is 3. The zero-order valence-electron chi connectivity index (χ0n) is 14.7. The molecule has 0 atom stereocenters. The van der Waals surface area contributed by atoms with E-state index in [2.05, 4.69) is 9.97 Å². The zero-order valence-corrected chi connectivity index (χ0v) is 14.7. The van der Waals surface area contributed by atoms with Crippen molar-refractivity contribution < 1.29 is 23.8 Å². The summed E-state index contributed by atoms with van der Waals surface area (Å²) in [7, 11) is 4.50. The number of aromatic nitrogens is 2. The number of pyridine rings is 1. The maximum atomic E-state index is 13.0. The normalized spacial score (nSPS) is 10.6. The lowest BCUT2D eigenvalue weighted by Crippen LogP contribution is -2.04. The van der Waals surface area contributed by atoms with Crippen LogP contribution in [0.5, 0.6) is 17.2 Å². The van der Waals surface area contributed by atoms with Crippen LogP contribution in [0.4, 0.5) is 0 Å². The van der Waals surface area contributed by atoms with Gasteiger partial charge in [0.25, 0.3) is 0 Å². The summed E-state index contributed by atoms with van der Waals surface area (Å²) in [4.78, 5) is 31.0. The second kappa shape index (κ2) is 7.26. The van der Waals surface area contributed by atoms with E-state index in [0.717, 1.165) is 6.29 Å². The lowest BCUT2D eigenvalue weighted by atomic mass is 10.0. The van der Waals surface area contributed by atoms with Crippen molar-refractivity contribution in [2.24, 2.45) is 0 Å². The first kappa shape index (κ1) is 17.5. The minimum absolute atomic E-state index is 0.208. The smallest absolute Gasteiger partial charge is 0.203 e. The summed E-state index contributed by atoms with van der Waals surface area (Å²) in [5, 5.41) is 0.679. The molecule has 1 N–H and O–H groups in total. The Bertz CT molecular complexity index is 952. The van der Waals surface area contributed by atoms with Gasteiger partial charge in [0.05, 0.1) is 21.3 Å². The van der Waals surface area contributed by atoms with Gasteiger partial charge in [-0.05, 0) is 24.3 Å². The molecular weight excluding hydrogens is 336 g/mol. The van der Waals surface area contributed by atoms with Gasteiger partial charge in [-0.1, -0.05) is 0 Å². The largest absolute Gasteiger partial charge is 0.493 e. The van der Waals surface area contributed by atoms with Crippen molar-refractivity contribution in [1.82, 2.24) is 9.97 Å². The van der Waals surface area contributed by atoms with E-state index in [9.17, 15) is 9.59 Å². The topological polar surface area (TPSA) is 90.5 Å². The standard InChI is InChI=1S/C19H18N2O5/c1-24-15-8-11(9-16(25-2)18(15)26-3)17(23)14-10-20-19-13(14)5-4-12(21-19)6-7-22/h4-5,7-10H,6H2,1-3H3,(H,20,21). The van der Waals surface area contributed by atoms with Crippen LogP contribution in [0.15, 0.2) is 30.5 Å². The van der Waals surface area contributed by atoms with Gasteiger partial charge in [-0.15, -0.1) is 0 Å². The molecule has 0 aliphatic rings. The highest BCUT2D eigenvalue weighted by molar-refractivity contribution is 6.16. The maximum Gasteiger partial charge on any atom is 0.203 e. The molecule has 134 valence electrons. The number of hydrogen-bond donors (Lipinski definition) is 1. The van der Waals surface area contributed by atoms with Crippen molar-refractivity contribution in [1.29, 1.82) is 0 Å². The number of nitrogens with one attached hydrogen (secondary N) is 1. The van der Waals surface area contributed by atoms with E-state index < -0.39 is 0 Å². The van der Waals surface area contributed by atoms with E-state index in [1.807, 2.05) is 0 Å². The number of aldehydes is 1. The molecule has 0 amide bonds. The third-order valence-electron chi connectivity index (χ3n) is 4.06. The lowest BCUT2D eigenvalue weighted by Gasteiger charge is -2.13. The molecule has 7 nitrogen and oxygen atoms in total. The fourth-order valence-electron chi connectivity index (χ4n) is 2.80. The molecule has 26 heavy (non-hydrogen) atoms. The number of aromatic amines is 1. The first-order valence-electron chi connectivity index (χ1n) is 7.88. The molecule has 7 heteroatoms. The average Bonchev–Trinajstić information content (AvgIpc) is 3.09. The minimum Gasteiger partial charge on any atom is -0.493 e. The molecule has 0 fully saturated rings. The second-order valence-corrected chi connectivity index (χ2v) is 5.52. The Morgan fingerprint density at radius 1 is 1.12 bits per heavy atom. The molecule has 0 spiro atoms. The summed E-state index contributed by atoms with van der Waals surface area (Å²) in [6.45, 7) is 0. The maximum absolute atomic E-state index is 13.0. The fraction of sp³-hybridized carbons (Fsp3) is 0.211. The van der Waals surface area contributed by atoms with E-state index >= 15 is 0 Å². The minimum atomic E-state index is -0.208. The fourth-order valence-corrected chi connectivity index (χ4v) is 2.80. The molecule has 2 heterocycles. The first-order valence-corrected chi connectivity index (χ1v) is 7.88. The Balaban J connectivity index is 2.07. The number of nitrogens with zero attached hydrogens (tertiary/aromatic N) is 1. The number of ketones is 1. The number of carbonyl (C=O) groups is 2. The molecular formula is C19H18N2O5. The van der Waals surface area contributed by atoms with Crippen LogP contribution in [-0.4, -0.2) is 43.4 Å². The van der Waals surface area contributed by atoms with Gasteiger partial charge in [0, 0.05) is 34.8 Å². The number of hydrogen-bond acceptors (Lipinski definition) is 6. The predicted molar refractivity (Wildman–Crippen MR) is 95.4 cm³/mol. The van der Waals surface area contributed by atoms with Crippen LogP contribution in [0.1, 0.15) is 21.6 Å². The van der Waals surface area contributed by atoms with Gasteiger partial charge in [0.1, 0.15) is 11.9 Å². The summed E-state index contributed by atoms with van der Waals surface area (Å²) in [5.41, 5.74) is 2.07. The number of carbonyl (C=O) groups excluding carboxylic acids is 2. The lowest BCUT2D eigenvalue weighted by molar-refractivity contribution is -0.107. The van der Waals surface area contributed by atoms with Crippen molar-refractivity contribution in [3.8, 4) is 17.2 Å². The molecule has 0 bridgehead atoms. The van der Waals surface area contributed by atoms with Gasteiger partial charge < -0.3 is 24.0 Å². The van der Waals surface area contributed by atoms with Gasteiger partial charge in [0.15, 0.2) is 17.3 Å². The Kier molecular flexibility index (Phi) is 4.88. The third-order valence-corrected chi connectivity index (χ3v) is 4.06. The van der Waals surface area contributed by atoms with Crippen LogP contribution >= 0.6 is 0 Å². The number of methoxy groups -OCH3 is 3. The number of H-pyrrole nitrogens is 1. The molecule has 0 radical (unpaired) electrons. The highest BCUT2D eigenvalue weighted by Crippen LogP contribution is 2.39. The summed E-state index contributed by atoms with van der Waals surface area (Å²) >= 11 is 0. The Morgan fingerprint density at radius 3 is 2.38 bits per heavy atom. The van der Waals surface area contributed by atoms with Crippen LogP contribution < -0.4 is 14.2 Å². The number of rotatable bonds is 7. The van der Waals surface area contributed by atoms with Gasteiger partial charge in [-0.25, -0.2) is 4.98 Å². The van der Waals surface area contributed by atoms with E-state index in [4.69, 9.17) is 14.2 Å². The molecule has 0 saturated heterocycles. The molecule has 0 aliphatic heterocycles. The molecule has 0 saturated carbocycles. The van der Waals surface area contributed by atoms with Crippen LogP contribution in [-0.2, 0) is 11.2 Å². The van der Waals surface area contributed by atoms with Crippen LogP contribution in [0, 0.1) is 0 Å². The monoisotopic (exact) mass is 354 g/mol. The van der Waals surface area contributed by atoms with Crippen molar-refractivity contribution >= 4 is 23.1 Å². The summed E-state index contributed by atoms with van der Waals surface area (Å²) in [6.07, 6.45) is 2.62. The highest BCUT2D eigenvalue weighted by Gasteiger charge is 2.20.